The van der Waals surface area contributed by atoms with Gasteiger partial charge in [0.25, 0.3) is 0 Å². The molecule has 0 radical (unpaired) electrons. The van der Waals surface area contributed by atoms with E-state index in [-0.39, 0.29) is 0 Å². The Kier molecular flexibility index (Phi) is 4.17. The maximum Gasteiger partial charge on any atom is 0.169 e. The van der Waals surface area contributed by atoms with Gasteiger partial charge in [0.15, 0.2) is 17.3 Å². The predicted octanol–water partition coefficient (Wildman–Crippen LogP) is 2.99. The number of rotatable bonds is 2. The van der Waals surface area contributed by atoms with Crippen LogP contribution >= 0.6 is 0 Å². The first kappa shape index (κ1) is 15.4. The van der Waals surface area contributed by atoms with Crippen LogP contribution in [0.15, 0.2) is 60.5 Å². The van der Waals surface area contributed by atoms with Crippen LogP contribution in [0.2, 0.25) is 0 Å². The van der Waals surface area contributed by atoms with Crippen molar-refractivity contribution in [1.29, 1.82) is 5.26 Å². The average Bonchev–Trinajstić information content (AvgIpc) is 2.68. The molecule has 0 aromatic heterocycles. The highest BCUT2D eigenvalue weighted by atomic mass is 16.6. The summed E-state index contributed by atoms with van der Waals surface area (Å²) in [5, 5.41) is 9.27. The van der Waals surface area contributed by atoms with Crippen LogP contribution in [0.1, 0.15) is 5.56 Å². The van der Waals surface area contributed by atoms with Crippen molar-refractivity contribution in [3.63, 3.8) is 0 Å². The number of hydrogen-bond donors (Lipinski definition) is 0. The van der Waals surface area contributed by atoms with Gasteiger partial charge >= 0.3 is 0 Å². The van der Waals surface area contributed by atoms with E-state index in [2.05, 4.69) is 15.9 Å². The number of ether oxygens (including phenoxy) is 2. The number of benzene rings is 2. The van der Waals surface area contributed by atoms with E-state index in [0.29, 0.717) is 6.61 Å². The van der Waals surface area contributed by atoms with Gasteiger partial charge in [0, 0.05) is 32.4 Å². The van der Waals surface area contributed by atoms with Crippen LogP contribution in [0, 0.1) is 11.3 Å². The van der Waals surface area contributed by atoms with Crippen LogP contribution in [0.4, 0.5) is 5.69 Å². The molecule has 0 N–H and O–H groups in total. The highest BCUT2D eigenvalue weighted by Crippen LogP contribution is 2.32. The fourth-order valence-corrected chi connectivity index (χ4v) is 3.18. The smallest absolute Gasteiger partial charge is 0.169 e. The van der Waals surface area contributed by atoms with Crippen LogP contribution in [-0.4, -0.2) is 37.7 Å². The van der Waals surface area contributed by atoms with E-state index in [4.69, 9.17) is 9.47 Å². The zero-order chi connectivity index (χ0) is 17.1. The molecule has 126 valence electrons. The molecular formula is C20H19N3O2. The Labute approximate surface area is 147 Å². The molecule has 0 spiro atoms. The molecule has 5 heteroatoms. The molecule has 2 aromatic carbocycles. The summed E-state index contributed by atoms with van der Waals surface area (Å²) < 4.78 is 11.7. The molecule has 0 bridgehead atoms. The minimum atomic E-state index is 0.453. The van der Waals surface area contributed by atoms with Crippen molar-refractivity contribution >= 4 is 5.69 Å². The first-order valence-electron chi connectivity index (χ1n) is 8.42. The fourth-order valence-electron chi connectivity index (χ4n) is 3.18. The zero-order valence-corrected chi connectivity index (χ0v) is 13.9. The van der Waals surface area contributed by atoms with Crippen molar-refractivity contribution in [2.45, 2.75) is 0 Å². The molecule has 0 amide bonds. The quantitative estimate of drug-likeness (QED) is 0.845. The van der Waals surface area contributed by atoms with Crippen LogP contribution in [0.25, 0.3) is 0 Å². The van der Waals surface area contributed by atoms with Gasteiger partial charge in [-0.15, -0.1) is 0 Å². The summed E-state index contributed by atoms with van der Waals surface area (Å²) in [6.07, 6.45) is 2.05. The molecule has 1 fully saturated rings. The lowest BCUT2D eigenvalue weighted by Crippen LogP contribution is -2.44. The topological polar surface area (TPSA) is 48.7 Å². The van der Waals surface area contributed by atoms with E-state index in [9.17, 15) is 5.26 Å². The Morgan fingerprint density at radius 2 is 1.64 bits per heavy atom. The summed E-state index contributed by atoms with van der Waals surface area (Å²) in [5.41, 5.74) is 1.75. The second kappa shape index (κ2) is 6.78. The van der Waals surface area contributed by atoms with Gasteiger partial charge in [-0.3, -0.25) is 0 Å². The molecule has 0 aliphatic carbocycles. The van der Waals surface area contributed by atoms with Crippen LogP contribution in [-0.2, 0) is 0 Å². The lowest BCUT2D eigenvalue weighted by atomic mass is 10.1. The standard InChI is InChI=1S/C20H19N3O2/c21-13-16-5-1-2-6-18(16)23-11-9-22(10-12-23)14-17-15-24-19-7-3-4-8-20(19)25-17/h1-8,14H,9-12,15H2. The third-order valence-electron chi connectivity index (χ3n) is 4.47. The molecule has 2 aliphatic rings. The molecule has 0 unspecified atom stereocenters. The van der Waals surface area contributed by atoms with Crippen molar-refractivity contribution in [2.75, 3.05) is 37.7 Å². The second-order valence-corrected chi connectivity index (χ2v) is 6.08. The molecular weight excluding hydrogens is 314 g/mol. The Morgan fingerprint density at radius 3 is 2.44 bits per heavy atom. The van der Waals surface area contributed by atoms with E-state index >= 15 is 0 Å². The summed E-state index contributed by atoms with van der Waals surface area (Å²) in [5.74, 6) is 2.38. The number of nitriles is 1. The van der Waals surface area contributed by atoms with Gasteiger partial charge in [0.1, 0.15) is 12.7 Å². The van der Waals surface area contributed by atoms with Gasteiger partial charge < -0.3 is 19.3 Å². The molecule has 5 nitrogen and oxygen atoms in total. The van der Waals surface area contributed by atoms with Crippen LogP contribution in [0.3, 0.4) is 0 Å². The van der Waals surface area contributed by atoms with E-state index in [1.807, 2.05) is 54.7 Å². The number of fused-ring (bicyclic) bond motifs is 1. The van der Waals surface area contributed by atoms with Crippen molar-refractivity contribution in [3.8, 4) is 17.6 Å². The summed E-state index contributed by atoms with van der Waals surface area (Å²) >= 11 is 0. The van der Waals surface area contributed by atoms with Crippen LogP contribution in [0.5, 0.6) is 11.5 Å². The second-order valence-electron chi connectivity index (χ2n) is 6.08. The molecule has 2 aromatic rings. The Morgan fingerprint density at radius 1 is 0.920 bits per heavy atom. The first-order chi connectivity index (χ1) is 12.3. The summed E-state index contributed by atoms with van der Waals surface area (Å²) in [7, 11) is 0. The molecule has 0 atom stereocenters. The lowest BCUT2D eigenvalue weighted by molar-refractivity contribution is 0.220. The SMILES string of the molecule is N#Cc1ccccc1N1CCN(C=C2COc3ccccc3O2)CC1. The van der Waals surface area contributed by atoms with Crippen molar-refractivity contribution in [1.82, 2.24) is 4.90 Å². The van der Waals surface area contributed by atoms with E-state index in [1.54, 1.807) is 0 Å². The minimum absolute atomic E-state index is 0.453. The molecule has 4 rings (SSSR count). The zero-order valence-electron chi connectivity index (χ0n) is 13.9. The number of anilines is 1. The van der Waals surface area contributed by atoms with Gasteiger partial charge in [0.05, 0.1) is 11.3 Å². The van der Waals surface area contributed by atoms with Crippen LogP contribution < -0.4 is 14.4 Å². The first-order valence-corrected chi connectivity index (χ1v) is 8.42. The van der Waals surface area contributed by atoms with Gasteiger partial charge in [-0.1, -0.05) is 24.3 Å². The Hall–Kier alpha value is -3.13. The average molecular weight is 333 g/mol. The maximum atomic E-state index is 9.27. The van der Waals surface area contributed by atoms with E-state index in [1.165, 1.54) is 0 Å². The predicted molar refractivity (Wildman–Crippen MR) is 95.6 cm³/mol. The molecule has 1 saturated heterocycles. The highest BCUT2D eigenvalue weighted by Gasteiger charge is 2.20. The summed E-state index contributed by atoms with van der Waals surface area (Å²) in [6.45, 7) is 3.97. The van der Waals surface area contributed by atoms with Gasteiger partial charge in [-0.25, -0.2) is 0 Å². The number of piperazine rings is 1. The third kappa shape index (κ3) is 3.24. The highest BCUT2D eigenvalue weighted by molar-refractivity contribution is 5.59. The number of hydrogen-bond acceptors (Lipinski definition) is 5. The monoisotopic (exact) mass is 333 g/mol. The van der Waals surface area contributed by atoms with Gasteiger partial charge in [-0.05, 0) is 24.3 Å². The fraction of sp³-hybridized carbons (Fsp3) is 0.250. The summed E-state index contributed by atoms with van der Waals surface area (Å²) in [6, 6.07) is 17.8. The molecule has 2 heterocycles. The van der Waals surface area contributed by atoms with E-state index < -0.39 is 0 Å². The normalized spacial score (nSPS) is 18.1. The maximum absolute atomic E-state index is 9.27. The Balaban J connectivity index is 1.41. The molecule has 25 heavy (non-hydrogen) atoms. The summed E-state index contributed by atoms with van der Waals surface area (Å²) in [4.78, 5) is 4.51. The number of nitrogens with zero attached hydrogens (tertiary/aromatic N) is 3. The van der Waals surface area contributed by atoms with Gasteiger partial charge in [0.2, 0.25) is 0 Å². The van der Waals surface area contributed by atoms with Gasteiger partial charge in [-0.2, -0.15) is 5.26 Å². The van der Waals surface area contributed by atoms with E-state index in [0.717, 1.165) is 54.7 Å². The Bertz CT molecular complexity index is 833. The largest absolute Gasteiger partial charge is 0.482 e. The molecule has 2 aliphatic heterocycles. The van der Waals surface area contributed by atoms with Crippen molar-refractivity contribution in [3.05, 3.63) is 66.1 Å². The minimum Gasteiger partial charge on any atom is -0.482 e. The van der Waals surface area contributed by atoms with Crippen molar-refractivity contribution < 1.29 is 9.47 Å². The third-order valence-corrected chi connectivity index (χ3v) is 4.47. The lowest BCUT2D eigenvalue weighted by Gasteiger charge is -2.36. The molecule has 0 saturated carbocycles. The van der Waals surface area contributed by atoms with Crippen molar-refractivity contribution in [2.24, 2.45) is 0 Å². The number of para-hydroxylation sites is 3.